The third-order valence-corrected chi connectivity index (χ3v) is 2.05. The molecule has 0 aliphatic carbocycles. The summed E-state index contributed by atoms with van der Waals surface area (Å²) in [7, 11) is 0. The zero-order valence-corrected chi connectivity index (χ0v) is 9.45. The molecule has 0 N–H and O–H groups in total. The van der Waals surface area contributed by atoms with Gasteiger partial charge in [-0.05, 0) is 0 Å². The zero-order chi connectivity index (χ0) is 16.6. The van der Waals surface area contributed by atoms with Crippen LogP contribution in [0.3, 0.4) is 0 Å². The van der Waals surface area contributed by atoms with Crippen molar-refractivity contribution < 1.29 is 49.0 Å². The van der Waals surface area contributed by atoms with Crippen molar-refractivity contribution in [2.75, 3.05) is 0 Å². The molecule has 0 atom stereocenters. The Morgan fingerprint density at radius 1 is 0.857 bits per heavy atom. The minimum absolute atomic E-state index is 0.142. The quantitative estimate of drug-likeness (QED) is 0.481. The van der Waals surface area contributed by atoms with Gasteiger partial charge in [0.05, 0.1) is 0 Å². The van der Waals surface area contributed by atoms with Gasteiger partial charge in [-0.1, -0.05) is 0 Å². The maximum atomic E-state index is 12.8. The molecule has 0 saturated heterocycles. The highest BCUT2D eigenvalue weighted by Gasteiger charge is 2.77. The normalized spacial score (nSPS) is 13.2. The molecule has 0 bridgehead atoms. The van der Waals surface area contributed by atoms with E-state index in [1.54, 1.807) is 0 Å². The van der Waals surface area contributed by atoms with Gasteiger partial charge in [0.15, 0.2) is 0 Å². The molecule has 0 heterocycles. The lowest BCUT2D eigenvalue weighted by atomic mass is 10.1. The molecule has 11 heteroatoms. The van der Waals surface area contributed by atoms with Gasteiger partial charge >= 0.3 is 24.0 Å². The van der Waals surface area contributed by atoms with Crippen molar-refractivity contribution in [1.29, 1.82) is 0 Å². The first kappa shape index (κ1) is 17.1. The molecule has 0 unspecified atom stereocenters. The summed E-state index contributed by atoms with van der Waals surface area (Å²) in [5, 5.41) is 0. The fourth-order valence-electron chi connectivity index (χ4n) is 1.06. The lowest BCUT2D eigenvalue weighted by Crippen LogP contribution is -2.57. The summed E-state index contributed by atoms with van der Waals surface area (Å²) in [4.78, 5) is 10.8. The van der Waals surface area contributed by atoms with E-state index in [0.717, 1.165) is 0 Å². The van der Waals surface area contributed by atoms with E-state index < -0.39 is 41.4 Å². The first-order valence-electron chi connectivity index (χ1n) is 4.80. The number of carbonyl (C=O) groups is 1. The molecule has 1 aromatic carbocycles. The number of halogens is 9. The lowest BCUT2D eigenvalue weighted by Gasteiger charge is -2.26. The lowest BCUT2D eigenvalue weighted by molar-refractivity contribution is -0.346. The van der Waals surface area contributed by atoms with E-state index in [-0.39, 0.29) is 18.2 Å². The van der Waals surface area contributed by atoms with Crippen LogP contribution in [0.1, 0.15) is 0 Å². The molecule has 0 fully saturated rings. The topological polar surface area (TPSA) is 26.3 Å². The van der Waals surface area contributed by atoms with Crippen molar-refractivity contribution in [2.24, 2.45) is 0 Å². The predicted octanol–water partition coefficient (Wildman–Crippen LogP) is 3.70. The van der Waals surface area contributed by atoms with Crippen LogP contribution in [0, 0.1) is 11.6 Å². The highest BCUT2D eigenvalue weighted by atomic mass is 19.4. The Bertz CT molecular complexity index is 530. The minimum atomic E-state index is -6.73. The predicted molar refractivity (Wildman–Crippen MR) is 47.9 cm³/mol. The molecule has 21 heavy (non-hydrogen) atoms. The fourth-order valence-corrected chi connectivity index (χ4v) is 1.06. The molecule has 0 radical (unpaired) electrons. The summed E-state index contributed by atoms with van der Waals surface area (Å²) in [6.45, 7) is 0. The second-order valence-corrected chi connectivity index (χ2v) is 3.64. The Balaban J connectivity index is 3.07. The summed E-state index contributed by atoms with van der Waals surface area (Å²) >= 11 is 0. The van der Waals surface area contributed by atoms with Crippen LogP contribution in [0.5, 0.6) is 5.75 Å². The van der Waals surface area contributed by atoms with Crippen LogP contribution in [0.15, 0.2) is 18.2 Å². The van der Waals surface area contributed by atoms with E-state index in [9.17, 15) is 44.3 Å². The minimum Gasteiger partial charge on any atom is -0.422 e. The fraction of sp³-hybridized carbons (Fsp3) is 0.300. The maximum Gasteiger partial charge on any atom is 0.460 e. The van der Waals surface area contributed by atoms with Crippen LogP contribution < -0.4 is 4.74 Å². The molecular formula is C10H3F9O2. The van der Waals surface area contributed by atoms with Crippen LogP contribution in [0.4, 0.5) is 39.5 Å². The van der Waals surface area contributed by atoms with Gasteiger partial charge < -0.3 is 4.74 Å². The smallest absolute Gasteiger partial charge is 0.422 e. The Labute approximate surface area is 110 Å². The first-order valence-corrected chi connectivity index (χ1v) is 4.80. The number of alkyl halides is 7. The Kier molecular flexibility index (Phi) is 4.17. The Morgan fingerprint density at radius 2 is 1.29 bits per heavy atom. The molecular weight excluding hydrogens is 323 g/mol. The number of hydrogen-bond acceptors (Lipinski definition) is 2. The van der Waals surface area contributed by atoms with Gasteiger partial charge in [-0.2, -0.15) is 30.7 Å². The van der Waals surface area contributed by atoms with Gasteiger partial charge in [-0.15, -0.1) is 0 Å². The Hall–Kier alpha value is -1.94. The van der Waals surface area contributed by atoms with Gasteiger partial charge in [0.25, 0.3) is 0 Å². The van der Waals surface area contributed by atoms with E-state index in [1.165, 1.54) is 0 Å². The summed E-state index contributed by atoms with van der Waals surface area (Å²) in [5.74, 6) is -20.5. The van der Waals surface area contributed by atoms with Crippen molar-refractivity contribution in [1.82, 2.24) is 0 Å². The van der Waals surface area contributed by atoms with Crippen molar-refractivity contribution >= 4 is 5.97 Å². The number of esters is 1. The molecule has 1 aromatic rings. The van der Waals surface area contributed by atoms with E-state index in [0.29, 0.717) is 0 Å². The molecule has 0 spiro atoms. The Morgan fingerprint density at radius 3 is 1.67 bits per heavy atom. The monoisotopic (exact) mass is 326 g/mol. The molecule has 0 aliphatic rings. The average Bonchev–Trinajstić information content (AvgIpc) is 2.25. The van der Waals surface area contributed by atoms with Gasteiger partial charge in [0, 0.05) is 18.2 Å². The second kappa shape index (κ2) is 5.11. The van der Waals surface area contributed by atoms with Gasteiger partial charge in [-0.25, -0.2) is 13.6 Å². The summed E-state index contributed by atoms with van der Waals surface area (Å²) in [6.07, 6.45) is -6.73. The molecule has 0 aromatic heterocycles. The highest BCUT2D eigenvalue weighted by Crippen LogP contribution is 2.47. The molecule has 118 valence electrons. The van der Waals surface area contributed by atoms with Crippen molar-refractivity contribution in [3.63, 3.8) is 0 Å². The second-order valence-electron chi connectivity index (χ2n) is 3.64. The number of ether oxygens (including phenoxy) is 1. The van der Waals surface area contributed by atoms with E-state index in [1.807, 2.05) is 0 Å². The van der Waals surface area contributed by atoms with Crippen LogP contribution in [0.25, 0.3) is 0 Å². The maximum absolute atomic E-state index is 12.8. The molecule has 0 aliphatic heterocycles. The standard InChI is InChI=1S/C10H3F9O2/c11-4-1-5(12)3-6(2-4)21-7(20)8(13,14)9(15,16)10(17,18)19/h1-3H. The van der Waals surface area contributed by atoms with Crippen LogP contribution >= 0.6 is 0 Å². The van der Waals surface area contributed by atoms with Crippen LogP contribution in [0.2, 0.25) is 0 Å². The van der Waals surface area contributed by atoms with E-state index >= 15 is 0 Å². The van der Waals surface area contributed by atoms with E-state index in [2.05, 4.69) is 4.74 Å². The van der Waals surface area contributed by atoms with Gasteiger partial charge in [0.1, 0.15) is 17.4 Å². The molecule has 0 amide bonds. The summed E-state index contributed by atoms with van der Waals surface area (Å²) < 4.78 is 115. The molecule has 1 rings (SSSR count). The van der Waals surface area contributed by atoms with Gasteiger partial charge in [-0.3, -0.25) is 0 Å². The molecule has 2 nitrogen and oxygen atoms in total. The summed E-state index contributed by atoms with van der Waals surface area (Å²) in [5.41, 5.74) is 0. The number of rotatable bonds is 3. The SMILES string of the molecule is O=C(Oc1cc(F)cc(F)c1)C(F)(F)C(F)(F)C(F)(F)F. The number of benzene rings is 1. The third-order valence-electron chi connectivity index (χ3n) is 2.05. The van der Waals surface area contributed by atoms with Gasteiger partial charge in [0.2, 0.25) is 0 Å². The zero-order valence-electron chi connectivity index (χ0n) is 9.45. The van der Waals surface area contributed by atoms with Crippen LogP contribution in [-0.2, 0) is 4.79 Å². The van der Waals surface area contributed by atoms with Crippen molar-refractivity contribution in [3.8, 4) is 5.75 Å². The van der Waals surface area contributed by atoms with Crippen molar-refractivity contribution in [3.05, 3.63) is 29.8 Å². The summed E-state index contributed by atoms with van der Waals surface area (Å²) in [6, 6.07) is 0.505. The number of hydrogen-bond donors (Lipinski definition) is 0. The first-order chi connectivity index (χ1) is 9.29. The largest absolute Gasteiger partial charge is 0.460 e. The number of carbonyl (C=O) groups excluding carboxylic acids is 1. The third kappa shape index (κ3) is 3.22. The van der Waals surface area contributed by atoms with Crippen LogP contribution in [-0.4, -0.2) is 24.0 Å². The van der Waals surface area contributed by atoms with E-state index in [4.69, 9.17) is 0 Å². The highest BCUT2D eigenvalue weighted by molar-refractivity contribution is 5.81. The molecule has 0 saturated carbocycles. The van der Waals surface area contributed by atoms with Crippen molar-refractivity contribution in [2.45, 2.75) is 18.0 Å². The average molecular weight is 326 g/mol.